The van der Waals surface area contributed by atoms with E-state index in [0.29, 0.717) is 0 Å². The Kier molecular flexibility index (Phi) is 2.41. The normalized spacial score (nSPS) is 15.8. The Morgan fingerprint density at radius 2 is 2.12 bits per heavy atom. The summed E-state index contributed by atoms with van der Waals surface area (Å²) in [4.78, 5) is 16.5. The minimum absolute atomic E-state index is 0.158. The van der Waals surface area contributed by atoms with Gasteiger partial charge in [0.15, 0.2) is 5.78 Å². The van der Waals surface area contributed by atoms with E-state index in [1.54, 1.807) is 0 Å². The van der Waals surface area contributed by atoms with Gasteiger partial charge in [-0.2, -0.15) is 0 Å². The van der Waals surface area contributed by atoms with Crippen LogP contribution in [0.25, 0.3) is 10.9 Å². The van der Waals surface area contributed by atoms with E-state index in [1.807, 2.05) is 37.3 Å². The molecule has 0 aliphatic carbocycles. The molecule has 3 heteroatoms. The average molecular weight is 226 g/mol. The number of aromatic nitrogens is 1. The number of carbonyl (C=O) groups excluding carboxylic acids is 1. The predicted molar refractivity (Wildman–Crippen MR) is 67.2 cm³/mol. The number of benzene rings is 1. The molecule has 0 bridgehead atoms. The molecule has 86 valence electrons. The van der Waals surface area contributed by atoms with E-state index in [0.717, 1.165) is 35.2 Å². The van der Waals surface area contributed by atoms with Crippen LogP contribution < -0.4 is 5.32 Å². The molecule has 0 radical (unpaired) electrons. The molecule has 0 amide bonds. The number of nitrogens with one attached hydrogen (secondary N) is 1. The summed E-state index contributed by atoms with van der Waals surface area (Å²) < 4.78 is 0. The van der Waals surface area contributed by atoms with Crippen molar-refractivity contribution in [2.45, 2.75) is 6.92 Å². The fraction of sp³-hybridized carbons (Fsp3) is 0.286. The highest BCUT2D eigenvalue weighted by molar-refractivity contribution is 6.01. The van der Waals surface area contributed by atoms with Gasteiger partial charge in [-0.3, -0.25) is 9.78 Å². The topological polar surface area (TPSA) is 42.0 Å². The van der Waals surface area contributed by atoms with Crippen LogP contribution in [0.1, 0.15) is 16.1 Å². The molecular formula is C14H14N2O. The first-order chi connectivity index (χ1) is 8.24. The van der Waals surface area contributed by atoms with E-state index in [9.17, 15) is 4.79 Å². The van der Waals surface area contributed by atoms with Gasteiger partial charge in [0.05, 0.1) is 5.52 Å². The number of Topliss-reactive ketones (excluding diaryl/α,β-unsaturated/α-hetero) is 1. The van der Waals surface area contributed by atoms with Gasteiger partial charge in [0.25, 0.3) is 0 Å². The Bertz CT molecular complexity index is 588. The second-order valence-corrected chi connectivity index (χ2v) is 4.58. The number of carbonyl (C=O) groups is 1. The Morgan fingerprint density at radius 3 is 2.82 bits per heavy atom. The first-order valence-corrected chi connectivity index (χ1v) is 5.86. The van der Waals surface area contributed by atoms with Crippen molar-refractivity contribution < 1.29 is 4.79 Å². The molecule has 2 aromatic rings. The van der Waals surface area contributed by atoms with Crippen LogP contribution in [0.4, 0.5) is 0 Å². The minimum Gasteiger partial charge on any atom is -0.315 e. The number of aryl methyl sites for hydroxylation is 1. The lowest BCUT2D eigenvalue weighted by molar-refractivity contribution is 0.0878. The Morgan fingerprint density at radius 1 is 1.29 bits per heavy atom. The summed E-state index contributed by atoms with van der Waals surface area (Å²) in [6.45, 7) is 3.59. The maximum absolute atomic E-state index is 12.1. The van der Waals surface area contributed by atoms with Gasteiger partial charge in [0.2, 0.25) is 0 Å². The molecule has 0 saturated carbocycles. The highest BCUT2D eigenvalue weighted by Crippen LogP contribution is 2.18. The van der Waals surface area contributed by atoms with Crippen molar-refractivity contribution in [2.24, 2.45) is 5.92 Å². The van der Waals surface area contributed by atoms with E-state index in [2.05, 4.69) is 10.3 Å². The molecule has 0 unspecified atom stereocenters. The van der Waals surface area contributed by atoms with Crippen molar-refractivity contribution in [2.75, 3.05) is 13.1 Å². The van der Waals surface area contributed by atoms with E-state index in [1.165, 1.54) is 0 Å². The maximum Gasteiger partial charge on any atom is 0.168 e. The summed E-state index contributed by atoms with van der Waals surface area (Å²) in [5.74, 6) is 0.400. The molecule has 1 aliphatic rings. The van der Waals surface area contributed by atoms with Crippen LogP contribution in [0, 0.1) is 12.8 Å². The molecular weight excluding hydrogens is 212 g/mol. The van der Waals surface area contributed by atoms with Gasteiger partial charge in [0.1, 0.15) is 0 Å². The quantitative estimate of drug-likeness (QED) is 0.796. The minimum atomic E-state index is 0.158. The number of hydrogen-bond donors (Lipinski definition) is 1. The monoisotopic (exact) mass is 226 g/mol. The van der Waals surface area contributed by atoms with Crippen molar-refractivity contribution >= 4 is 16.7 Å². The zero-order valence-corrected chi connectivity index (χ0v) is 9.73. The molecule has 1 fully saturated rings. The fourth-order valence-electron chi connectivity index (χ4n) is 2.09. The zero-order chi connectivity index (χ0) is 11.8. The molecule has 3 nitrogen and oxygen atoms in total. The molecule has 1 aliphatic heterocycles. The van der Waals surface area contributed by atoms with Crippen LogP contribution in [-0.4, -0.2) is 23.9 Å². The summed E-state index contributed by atoms with van der Waals surface area (Å²) in [5, 5.41) is 4.16. The number of pyridine rings is 1. The first kappa shape index (κ1) is 10.4. The van der Waals surface area contributed by atoms with E-state index < -0.39 is 0 Å². The van der Waals surface area contributed by atoms with Gasteiger partial charge in [0, 0.05) is 35.7 Å². The highest BCUT2D eigenvalue weighted by atomic mass is 16.1. The smallest absolute Gasteiger partial charge is 0.168 e. The lowest BCUT2D eigenvalue weighted by Gasteiger charge is -2.25. The predicted octanol–water partition coefficient (Wildman–Crippen LogP) is 1.95. The highest BCUT2D eigenvalue weighted by Gasteiger charge is 2.25. The second kappa shape index (κ2) is 3.93. The summed E-state index contributed by atoms with van der Waals surface area (Å²) >= 11 is 0. The molecule has 1 saturated heterocycles. The molecule has 1 aromatic carbocycles. The van der Waals surface area contributed by atoms with E-state index >= 15 is 0 Å². The molecule has 1 N–H and O–H groups in total. The van der Waals surface area contributed by atoms with Crippen LogP contribution in [-0.2, 0) is 0 Å². The molecule has 0 atom stereocenters. The van der Waals surface area contributed by atoms with Gasteiger partial charge in [-0.1, -0.05) is 6.07 Å². The first-order valence-electron chi connectivity index (χ1n) is 5.86. The number of hydrogen-bond acceptors (Lipinski definition) is 3. The largest absolute Gasteiger partial charge is 0.315 e. The number of fused-ring (bicyclic) bond motifs is 1. The zero-order valence-electron chi connectivity index (χ0n) is 9.73. The summed E-state index contributed by atoms with van der Waals surface area (Å²) in [6, 6.07) is 9.76. The van der Waals surface area contributed by atoms with Crippen LogP contribution >= 0.6 is 0 Å². The van der Waals surface area contributed by atoms with Crippen LogP contribution in [0.5, 0.6) is 0 Å². The van der Waals surface area contributed by atoms with Gasteiger partial charge >= 0.3 is 0 Å². The Balaban J connectivity index is 2.01. The third-order valence-electron chi connectivity index (χ3n) is 3.27. The van der Waals surface area contributed by atoms with Crippen molar-refractivity contribution in [3.63, 3.8) is 0 Å². The second-order valence-electron chi connectivity index (χ2n) is 4.58. The Hall–Kier alpha value is -1.74. The molecule has 17 heavy (non-hydrogen) atoms. The van der Waals surface area contributed by atoms with Crippen molar-refractivity contribution in [1.82, 2.24) is 10.3 Å². The van der Waals surface area contributed by atoms with Crippen LogP contribution in [0.2, 0.25) is 0 Å². The lowest BCUT2D eigenvalue weighted by atomic mass is 9.92. The van der Waals surface area contributed by atoms with Gasteiger partial charge < -0.3 is 5.32 Å². The van der Waals surface area contributed by atoms with Crippen LogP contribution in [0.15, 0.2) is 30.3 Å². The average Bonchev–Trinajstić information content (AvgIpc) is 2.26. The van der Waals surface area contributed by atoms with E-state index in [4.69, 9.17) is 0 Å². The molecule has 2 heterocycles. The number of nitrogens with zero attached hydrogens (tertiary/aromatic N) is 1. The van der Waals surface area contributed by atoms with Gasteiger partial charge in [-0.05, 0) is 31.2 Å². The fourth-order valence-corrected chi connectivity index (χ4v) is 2.09. The molecule has 3 rings (SSSR count). The maximum atomic E-state index is 12.1. The van der Waals surface area contributed by atoms with E-state index in [-0.39, 0.29) is 11.7 Å². The summed E-state index contributed by atoms with van der Waals surface area (Å²) in [7, 11) is 0. The SMILES string of the molecule is Cc1ccc2cc(C(=O)C3CNC3)ccc2n1. The van der Waals surface area contributed by atoms with Gasteiger partial charge in [-0.15, -0.1) is 0 Å². The van der Waals surface area contributed by atoms with Crippen molar-refractivity contribution in [3.8, 4) is 0 Å². The van der Waals surface area contributed by atoms with Crippen molar-refractivity contribution in [1.29, 1.82) is 0 Å². The summed E-state index contributed by atoms with van der Waals surface area (Å²) in [6.07, 6.45) is 0. The third-order valence-corrected chi connectivity index (χ3v) is 3.27. The molecule has 1 aromatic heterocycles. The summed E-state index contributed by atoms with van der Waals surface area (Å²) in [5.41, 5.74) is 2.75. The van der Waals surface area contributed by atoms with Gasteiger partial charge in [-0.25, -0.2) is 0 Å². The third kappa shape index (κ3) is 1.83. The molecule has 0 spiro atoms. The van der Waals surface area contributed by atoms with Crippen LogP contribution in [0.3, 0.4) is 0 Å². The number of rotatable bonds is 2. The van der Waals surface area contributed by atoms with Crippen molar-refractivity contribution in [3.05, 3.63) is 41.6 Å². The standard InChI is InChI=1S/C14H14N2O/c1-9-2-3-10-6-11(4-5-13(10)16-9)14(17)12-7-15-8-12/h2-6,12,15H,7-8H2,1H3. The Labute approximate surface area is 99.9 Å². The number of ketones is 1. The lowest BCUT2D eigenvalue weighted by Crippen LogP contribution is -2.46.